The maximum atomic E-state index is 5.15. The molecule has 0 aromatic carbocycles. The Labute approximate surface area is 109 Å². The highest BCUT2D eigenvalue weighted by Gasteiger charge is 2.08. The monoisotopic (exact) mass is 266 g/mol. The molecule has 0 aliphatic heterocycles. The number of hydrogen-bond donors (Lipinski definition) is 1. The smallest absolute Gasteiger partial charge is 0.216 e. The van der Waals surface area contributed by atoms with E-state index in [1.807, 2.05) is 6.21 Å². The number of aromatic amines is 1. The van der Waals surface area contributed by atoms with Crippen molar-refractivity contribution in [1.82, 2.24) is 14.9 Å². The number of H-pyrrole nitrogens is 1. The Morgan fingerprint density at radius 2 is 2.35 bits per heavy atom. The average molecular weight is 266 g/mol. The number of thiophene rings is 1. The zero-order valence-corrected chi connectivity index (χ0v) is 11.6. The number of nitrogens with zero attached hydrogens (tertiary/aromatic N) is 3. The fourth-order valence-corrected chi connectivity index (χ4v) is 2.38. The van der Waals surface area contributed by atoms with E-state index in [2.05, 4.69) is 47.5 Å². The molecule has 2 rings (SSSR count). The van der Waals surface area contributed by atoms with Gasteiger partial charge in [0.05, 0.1) is 11.1 Å². The lowest BCUT2D eigenvalue weighted by atomic mass is 10.2. The first-order valence-corrected chi connectivity index (χ1v) is 6.64. The molecule has 17 heavy (non-hydrogen) atoms. The molecule has 0 fully saturated rings. The molecule has 0 saturated carbocycles. The van der Waals surface area contributed by atoms with Gasteiger partial charge in [0.2, 0.25) is 4.77 Å². The van der Waals surface area contributed by atoms with Gasteiger partial charge in [-0.25, -0.2) is 0 Å². The summed E-state index contributed by atoms with van der Waals surface area (Å²) in [4.78, 5) is 1.14. The minimum Gasteiger partial charge on any atom is -0.250 e. The summed E-state index contributed by atoms with van der Waals surface area (Å²) in [6.45, 7) is 6.19. The predicted octanol–water partition coefficient (Wildman–Crippen LogP) is 3.32. The van der Waals surface area contributed by atoms with Crippen LogP contribution in [-0.4, -0.2) is 21.1 Å². The Balaban J connectivity index is 2.36. The number of aromatic nitrogens is 3. The fourth-order valence-electron chi connectivity index (χ4n) is 1.42. The van der Waals surface area contributed by atoms with Crippen LogP contribution in [0.25, 0.3) is 0 Å². The summed E-state index contributed by atoms with van der Waals surface area (Å²) in [6, 6.07) is 2.07. The highest BCUT2D eigenvalue weighted by atomic mass is 32.1. The van der Waals surface area contributed by atoms with Crippen LogP contribution in [0.4, 0.5) is 0 Å². The second-order valence-corrected chi connectivity index (χ2v) is 5.40. The van der Waals surface area contributed by atoms with Gasteiger partial charge in [0, 0.05) is 5.92 Å². The molecule has 0 aliphatic carbocycles. The average Bonchev–Trinajstić information content (AvgIpc) is 2.82. The lowest BCUT2D eigenvalue weighted by Gasteiger charge is -2.02. The molecule has 6 heteroatoms. The van der Waals surface area contributed by atoms with Crippen LogP contribution in [-0.2, 0) is 0 Å². The molecule has 0 radical (unpaired) electrons. The van der Waals surface area contributed by atoms with Crippen molar-refractivity contribution in [3.05, 3.63) is 32.5 Å². The van der Waals surface area contributed by atoms with Gasteiger partial charge in [-0.3, -0.25) is 5.10 Å². The van der Waals surface area contributed by atoms with Crippen molar-refractivity contribution in [2.75, 3.05) is 0 Å². The van der Waals surface area contributed by atoms with Crippen LogP contribution in [0.3, 0.4) is 0 Å². The third-order valence-corrected chi connectivity index (χ3v) is 3.60. The predicted molar refractivity (Wildman–Crippen MR) is 73.5 cm³/mol. The molecule has 0 saturated heterocycles. The Bertz CT molecular complexity index is 589. The van der Waals surface area contributed by atoms with Crippen molar-refractivity contribution < 1.29 is 0 Å². The SMILES string of the molecule is Cc1ccsc1C=Nn1c(C(C)C)n[nH]c1=S. The van der Waals surface area contributed by atoms with Gasteiger partial charge in [-0.05, 0) is 36.2 Å². The molecule has 4 nitrogen and oxygen atoms in total. The zero-order valence-electron chi connectivity index (χ0n) is 9.97. The molecular weight excluding hydrogens is 252 g/mol. The summed E-state index contributed by atoms with van der Waals surface area (Å²) in [5.41, 5.74) is 1.22. The first kappa shape index (κ1) is 12.2. The third kappa shape index (κ3) is 2.53. The first-order chi connectivity index (χ1) is 8.09. The van der Waals surface area contributed by atoms with Crippen molar-refractivity contribution in [2.45, 2.75) is 26.7 Å². The molecule has 0 aliphatic rings. The molecule has 0 spiro atoms. The highest BCUT2D eigenvalue weighted by molar-refractivity contribution is 7.71. The highest BCUT2D eigenvalue weighted by Crippen LogP contribution is 2.14. The first-order valence-electron chi connectivity index (χ1n) is 5.35. The number of hydrogen-bond acceptors (Lipinski definition) is 4. The zero-order chi connectivity index (χ0) is 12.4. The second-order valence-electron chi connectivity index (χ2n) is 4.07. The normalized spacial score (nSPS) is 11.8. The van der Waals surface area contributed by atoms with Crippen molar-refractivity contribution in [3.63, 3.8) is 0 Å². The van der Waals surface area contributed by atoms with Crippen LogP contribution in [0.2, 0.25) is 0 Å². The van der Waals surface area contributed by atoms with Gasteiger partial charge in [0.1, 0.15) is 0 Å². The van der Waals surface area contributed by atoms with E-state index in [4.69, 9.17) is 12.2 Å². The van der Waals surface area contributed by atoms with Gasteiger partial charge in [0.25, 0.3) is 0 Å². The lowest BCUT2D eigenvalue weighted by Crippen LogP contribution is -2.00. The molecular formula is C11H14N4S2. The molecule has 0 atom stereocenters. The largest absolute Gasteiger partial charge is 0.250 e. The Hall–Kier alpha value is -1.27. The van der Waals surface area contributed by atoms with E-state index >= 15 is 0 Å². The maximum absolute atomic E-state index is 5.15. The number of nitrogens with one attached hydrogen (secondary N) is 1. The van der Waals surface area contributed by atoms with Crippen molar-refractivity contribution in [2.24, 2.45) is 5.10 Å². The summed E-state index contributed by atoms with van der Waals surface area (Å²) in [5.74, 6) is 1.13. The summed E-state index contributed by atoms with van der Waals surface area (Å²) < 4.78 is 2.21. The van der Waals surface area contributed by atoms with Crippen molar-refractivity contribution >= 4 is 29.8 Å². The standard InChI is InChI=1S/C11H14N4S2/c1-7(2)10-13-14-11(16)15(10)12-6-9-8(3)4-5-17-9/h4-7H,1-3H3,(H,14,16). The van der Waals surface area contributed by atoms with Crippen molar-refractivity contribution in [1.29, 1.82) is 0 Å². The minimum absolute atomic E-state index is 0.282. The second kappa shape index (κ2) is 4.93. The molecule has 90 valence electrons. The number of rotatable bonds is 3. The molecule has 0 bridgehead atoms. The van der Waals surface area contributed by atoms with Gasteiger partial charge in [-0.2, -0.15) is 14.9 Å². The van der Waals surface area contributed by atoms with E-state index in [0.717, 1.165) is 10.7 Å². The fraction of sp³-hybridized carbons (Fsp3) is 0.364. The molecule has 0 amide bonds. The molecule has 2 aromatic heterocycles. The van der Waals surface area contributed by atoms with Crippen LogP contribution >= 0.6 is 23.6 Å². The summed E-state index contributed by atoms with van der Waals surface area (Å²) in [5, 5.41) is 13.4. The summed E-state index contributed by atoms with van der Waals surface area (Å²) in [6.07, 6.45) is 1.83. The van der Waals surface area contributed by atoms with E-state index in [1.54, 1.807) is 16.0 Å². The molecule has 0 unspecified atom stereocenters. The Morgan fingerprint density at radius 3 is 2.94 bits per heavy atom. The summed E-state index contributed by atoms with van der Waals surface area (Å²) >= 11 is 6.82. The Morgan fingerprint density at radius 1 is 1.59 bits per heavy atom. The molecule has 1 N–H and O–H groups in total. The van der Waals surface area contributed by atoms with Crippen LogP contribution in [0.15, 0.2) is 16.5 Å². The van der Waals surface area contributed by atoms with Gasteiger partial charge in [0.15, 0.2) is 5.82 Å². The van der Waals surface area contributed by atoms with Gasteiger partial charge >= 0.3 is 0 Å². The van der Waals surface area contributed by atoms with E-state index in [9.17, 15) is 0 Å². The lowest BCUT2D eigenvalue weighted by molar-refractivity contribution is 0.695. The minimum atomic E-state index is 0.282. The van der Waals surface area contributed by atoms with Gasteiger partial charge in [-0.1, -0.05) is 13.8 Å². The van der Waals surface area contributed by atoms with Crippen LogP contribution < -0.4 is 0 Å². The maximum Gasteiger partial charge on any atom is 0.216 e. The summed E-state index contributed by atoms with van der Waals surface area (Å²) in [7, 11) is 0. The Kier molecular flexibility index (Phi) is 3.54. The van der Waals surface area contributed by atoms with Gasteiger partial charge in [-0.15, -0.1) is 11.3 Å². The quantitative estimate of drug-likeness (QED) is 0.684. The van der Waals surface area contributed by atoms with E-state index < -0.39 is 0 Å². The number of aryl methyl sites for hydroxylation is 1. The van der Waals surface area contributed by atoms with E-state index in [-0.39, 0.29) is 5.92 Å². The van der Waals surface area contributed by atoms with Crippen LogP contribution in [0.1, 0.15) is 36.0 Å². The van der Waals surface area contributed by atoms with Gasteiger partial charge < -0.3 is 0 Å². The molecule has 2 heterocycles. The van der Waals surface area contributed by atoms with Crippen LogP contribution in [0.5, 0.6) is 0 Å². The topological polar surface area (TPSA) is 46.0 Å². The third-order valence-electron chi connectivity index (χ3n) is 2.38. The van der Waals surface area contributed by atoms with Crippen LogP contribution in [0, 0.1) is 11.7 Å². The molecule has 2 aromatic rings. The van der Waals surface area contributed by atoms with E-state index in [0.29, 0.717) is 4.77 Å². The van der Waals surface area contributed by atoms with Crippen molar-refractivity contribution in [3.8, 4) is 0 Å². The van der Waals surface area contributed by atoms with E-state index in [1.165, 1.54) is 5.56 Å².